The Kier molecular flexibility index (Phi) is 4.00. The number of aromatic nitrogens is 1. The molecule has 0 aliphatic carbocycles. The van der Waals surface area contributed by atoms with E-state index in [0.29, 0.717) is 5.13 Å². The topological polar surface area (TPSA) is 42.0 Å². The molecule has 1 aromatic heterocycles. The lowest BCUT2D eigenvalue weighted by Gasteiger charge is -2.19. The van der Waals surface area contributed by atoms with Gasteiger partial charge in [0.1, 0.15) is 0 Å². The van der Waals surface area contributed by atoms with Crippen LogP contribution in [0.3, 0.4) is 0 Å². The molecule has 3 rings (SSSR count). The number of nitrogens with zero attached hydrogens (tertiary/aromatic N) is 1. The monoisotopic (exact) mass is 310 g/mol. The molecule has 1 aliphatic heterocycles. The number of aryl methyl sites for hydroxylation is 1. The average molecular weight is 310 g/mol. The normalized spacial score (nSPS) is 19.5. The molecule has 0 spiro atoms. The molecule has 100 valence electrons. The van der Waals surface area contributed by atoms with E-state index in [1.165, 1.54) is 5.56 Å². The Balaban J connectivity index is 1.75. The number of carbonyl (C=O) groups excluding carboxylic acids is 1. The van der Waals surface area contributed by atoms with Gasteiger partial charge in [0.05, 0.1) is 15.5 Å². The van der Waals surface area contributed by atoms with Crippen LogP contribution < -0.4 is 5.32 Å². The van der Waals surface area contributed by atoms with Gasteiger partial charge in [0.25, 0.3) is 0 Å². The number of benzene rings is 1. The van der Waals surface area contributed by atoms with E-state index in [2.05, 4.69) is 23.3 Å². The molecular weight excluding hydrogens is 296 g/mol. The van der Waals surface area contributed by atoms with Gasteiger partial charge in [-0.1, -0.05) is 17.4 Å². The van der Waals surface area contributed by atoms with E-state index in [0.717, 1.165) is 27.5 Å². The maximum Gasteiger partial charge on any atom is 0.240 e. The molecule has 1 fully saturated rings. The number of thioether (sulfide) groups is 2. The third-order valence-corrected chi connectivity index (χ3v) is 6.57. The number of nitrogens with one attached hydrogen (secondary N) is 1. The molecule has 1 unspecified atom stereocenters. The summed E-state index contributed by atoms with van der Waals surface area (Å²) in [6, 6.07) is 6.15. The first-order chi connectivity index (χ1) is 9.22. The average Bonchev–Trinajstić information content (AvgIpc) is 2.81. The van der Waals surface area contributed by atoms with Gasteiger partial charge in [-0.25, -0.2) is 4.98 Å². The van der Waals surface area contributed by atoms with Gasteiger partial charge in [0.2, 0.25) is 5.91 Å². The van der Waals surface area contributed by atoms with E-state index in [9.17, 15) is 4.79 Å². The predicted molar refractivity (Wildman–Crippen MR) is 86.6 cm³/mol. The van der Waals surface area contributed by atoms with Crippen molar-refractivity contribution in [3.8, 4) is 0 Å². The van der Waals surface area contributed by atoms with Gasteiger partial charge >= 0.3 is 0 Å². The van der Waals surface area contributed by atoms with Crippen molar-refractivity contribution in [2.24, 2.45) is 0 Å². The van der Waals surface area contributed by atoms with Crippen LogP contribution in [0.25, 0.3) is 10.2 Å². The second-order valence-corrected chi connectivity index (χ2v) is 7.90. The Bertz CT molecular complexity index is 605. The van der Waals surface area contributed by atoms with Crippen LogP contribution in [-0.4, -0.2) is 33.4 Å². The first-order valence-corrected chi connectivity index (χ1v) is 9.12. The molecule has 3 nitrogen and oxygen atoms in total. The fraction of sp³-hybridized carbons (Fsp3) is 0.385. The number of hydrogen-bond acceptors (Lipinski definition) is 5. The van der Waals surface area contributed by atoms with Gasteiger partial charge in [0.15, 0.2) is 5.13 Å². The Morgan fingerprint density at radius 1 is 1.42 bits per heavy atom. The first kappa shape index (κ1) is 13.3. The molecule has 2 aromatic rings. The van der Waals surface area contributed by atoms with E-state index in [4.69, 9.17) is 0 Å². The highest BCUT2D eigenvalue weighted by Crippen LogP contribution is 2.29. The fourth-order valence-electron chi connectivity index (χ4n) is 1.91. The Hall–Kier alpha value is -0.720. The van der Waals surface area contributed by atoms with Gasteiger partial charge in [-0.05, 0) is 24.6 Å². The molecule has 1 saturated heterocycles. The number of carbonyl (C=O) groups is 1. The summed E-state index contributed by atoms with van der Waals surface area (Å²) in [5, 5.41) is 3.73. The Labute approximate surface area is 124 Å². The molecule has 1 N–H and O–H groups in total. The summed E-state index contributed by atoms with van der Waals surface area (Å²) in [4.78, 5) is 16.6. The highest BCUT2D eigenvalue weighted by atomic mass is 32.2. The SMILES string of the molecule is Cc1ccc2nc(NC(=O)C3CSCCS3)sc2c1. The highest BCUT2D eigenvalue weighted by molar-refractivity contribution is 8.07. The maximum atomic E-state index is 12.1. The third-order valence-electron chi connectivity index (χ3n) is 2.88. The quantitative estimate of drug-likeness (QED) is 0.923. The van der Waals surface area contributed by atoms with Gasteiger partial charge in [-0.15, -0.1) is 11.8 Å². The Morgan fingerprint density at radius 3 is 3.11 bits per heavy atom. The predicted octanol–water partition coefficient (Wildman–Crippen LogP) is 3.39. The van der Waals surface area contributed by atoms with Crippen LogP contribution in [0, 0.1) is 6.92 Å². The smallest absolute Gasteiger partial charge is 0.240 e. The summed E-state index contributed by atoms with van der Waals surface area (Å²) in [5.41, 5.74) is 2.17. The summed E-state index contributed by atoms with van der Waals surface area (Å²) in [6.07, 6.45) is 0. The molecule has 0 saturated carbocycles. The number of amides is 1. The van der Waals surface area contributed by atoms with E-state index < -0.39 is 0 Å². The molecule has 6 heteroatoms. The Morgan fingerprint density at radius 2 is 2.32 bits per heavy atom. The molecular formula is C13H14N2OS3. The number of rotatable bonds is 2. The first-order valence-electron chi connectivity index (χ1n) is 6.10. The number of anilines is 1. The second-order valence-electron chi connectivity index (χ2n) is 4.41. The van der Waals surface area contributed by atoms with Gasteiger partial charge < -0.3 is 5.32 Å². The number of thiazole rings is 1. The lowest BCUT2D eigenvalue weighted by atomic mass is 10.2. The van der Waals surface area contributed by atoms with Crippen LogP contribution in [0.4, 0.5) is 5.13 Å². The van der Waals surface area contributed by atoms with Crippen molar-refractivity contribution in [3.63, 3.8) is 0 Å². The molecule has 0 bridgehead atoms. The zero-order valence-electron chi connectivity index (χ0n) is 10.5. The molecule has 1 aromatic carbocycles. The molecule has 1 amide bonds. The summed E-state index contributed by atoms with van der Waals surface area (Å²) in [6.45, 7) is 2.06. The minimum Gasteiger partial charge on any atom is -0.301 e. The third kappa shape index (κ3) is 3.07. The number of fused-ring (bicyclic) bond motifs is 1. The van der Waals surface area contributed by atoms with Crippen molar-refractivity contribution in [1.82, 2.24) is 4.98 Å². The summed E-state index contributed by atoms with van der Waals surface area (Å²) in [5.74, 6) is 3.20. The molecule has 1 aliphatic rings. The van der Waals surface area contributed by atoms with E-state index in [1.54, 1.807) is 23.1 Å². The van der Waals surface area contributed by atoms with Gasteiger partial charge in [0, 0.05) is 17.3 Å². The highest BCUT2D eigenvalue weighted by Gasteiger charge is 2.23. The molecule has 2 heterocycles. The molecule has 0 radical (unpaired) electrons. The van der Waals surface area contributed by atoms with Crippen molar-refractivity contribution >= 4 is 56.1 Å². The zero-order valence-corrected chi connectivity index (χ0v) is 13.0. The minimum absolute atomic E-state index is 0.0625. The summed E-state index contributed by atoms with van der Waals surface area (Å²) >= 11 is 5.14. The maximum absolute atomic E-state index is 12.1. The van der Waals surface area contributed by atoms with Gasteiger partial charge in [-0.2, -0.15) is 11.8 Å². The van der Waals surface area contributed by atoms with Crippen molar-refractivity contribution in [3.05, 3.63) is 23.8 Å². The van der Waals surface area contributed by atoms with Crippen LogP contribution in [0.1, 0.15) is 5.56 Å². The van der Waals surface area contributed by atoms with Crippen molar-refractivity contribution < 1.29 is 4.79 Å². The van der Waals surface area contributed by atoms with Crippen LogP contribution in [0.2, 0.25) is 0 Å². The zero-order chi connectivity index (χ0) is 13.2. The largest absolute Gasteiger partial charge is 0.301 e. The van der Waals surface area contributed by atoms with Crippen LogP contribution in [-0.2, 0) is 4.79 Å². The van der Waals surface area contributed by atoms with Crippen LogP contribution in [0.15, 0.2) is 18.2 Å². The number of hydrogen-bond donors (Lipinski definition) is 1. The van der Waals surface area contributed by atoms with Crippen LogP contribution in [0.5, 0.6) is 0 Å². The van der Waals surface area contributed by atoms with E-state index in [1.807, 2.05) is 23.9 Å². The molecule has 1 atom stereocenters. The van der Waals surface area contributed by atoms with Gasteiger partial charge in [-0.3, -0.25) is 4.79 Å². The standard InChI is InChI=1S/C13H14N2OS3/c1-8-2-3-9-10(6-8)19-13(14-9)15-12(16)11-7-17-4-5-18-11/h2-3,6,11H,4-5,7H2,1H3,(H,14,15,16). The van der Waals surface area contributed by atoms with E-state index >= 15 is 0 Å². The lowest BCUT2D eigenvalue weighted by Crippen LogP contribution is -2.29. The second kappa shape index (κ2) is 5.73. The van der Waals surface area contributed by atoms with Crippen molar-refractivity contribution in [1.29, 1.82) is 0 Å². The summed E-state index contributed by atoms with van der Waals surface area (Å²) < 4.78 is 1.13. The molecule has 19 heavy (non-hydrogen) atoms. The fourth-order valence-corrected chi connectivity index (χ4v) is 5.43. The van der Waals surface area contributed by atoms with Crippen molar-refractivity contribution in [2.75, 3.05) is 22.6 Å². The van der Waals surface area contributed by atoms with Crippen LogP contribution >= 0.6 is 34.9 Å². The minimum atomic E-state index is 0.0625. The summed E-state index contributed by atoms with van der Waals surface area (Å²) in [7, 11) is 0. The van der Waals surface area contributed by atoms with E-state index in [-0.39, 0.29) is 11.2 Å². The lowest BCUT2D eigenvalue weighted by molar-refractivity contribution is -0.115. The van der Waals surface area contributed by atoms with Crippen molar-refractivity contribution in [2.45, 2.75) is 12.2 Å².